The largest absolute Gasteiger partial charge is 0.309 e. The lowest BCUT2D eigenvalue weighted by molar-refractivity contribution is -0.117. The number of nitrogens with zero attached hydrogens (tertiary/aromatic N) is 4. The Bertz CT molecular complexity index is 1360. The van der Waals surface area contributed by atoms with Crippen LogP contribution in [-0.2, 0) is 4.79 Å². The van der Waals surface area contributed by atoms with Gasteiger partial charge in [-0.05, 0) is 13.3 Å². The van der Waals surface area contributed by atoms with Crippen LogP contribution < -0.4 is 5.32 Å². The molecule has 0 spiro atoms. The van der Waals surface area contributed by atoms with E-state index in [1.165, 1.54) is 25.5 Å². The van der Waals surface area contributed by atoms with Crippen LogP contribution in [0.2, 0.25) is 5.02 Å². The monoisotopic (exact) mass is 430 g/mol. The van der Waals surface area contributed by atoms with Crippen molar-refractivity contribution in [2.24, 2.45) is 5.92 Å². The second kappa shape index (κ2) is 6.56. The summed E-state index contributed by atoms with van der Waals surface area (Å²) in [7, 11) is 0. The lowest BCUT2D eigenvalue weighted by Crippen LogP contribution is -2.15. The molecule has 11 heteroatoms. The highest BCUT2D eigenvalue weighted by atomic mass is 35.5. The number of carbonyl (C=O) groups excluding carboxylic acids is 2. The third-order valence-corrected chi connectivity index (χ3v) is 5.40. The van der Waals surface area contributed by atoms with E-state index in [0.717, 1.165) is 0 Å². The number of nitrogens with one attached hydrogen (secondary N) is 2. The summed E-state index contributed by atoms with van der Waals surface area (Å²) in [6, 6.07) is 0. The molecular formula is C19H13ClF2N6O2. The molecule has 1 fully saturated rings. The van der Waals surface area contributed by atoms with Gasteiger partial charge in [-0.15, -0.1) is 0 Å². The van der Waals surface area contributed by atoms with Crippen LogP contribution in [0.4, 0.5) is 14.6 Å². The molecule has 1 saturated carbocycles. The fourth-order valence-electron chi connectivity index (χ4n) is 3.44. The zero-order chi connectivity index (χ0) is 21.2. The van der Waals surface area contributed by atoms with Gasteiger partial charge in [0.25, 0.3) is 0 Å². The van der Waals surface area contributed by atoms with Crippen LogP contribution in [0.1, 0.15) is 23.7 Å². The second-order valence-corrected chi connectivity index (χ2v) is 7.48. The number of hydrogen-bond acceptors (Lipinski definition) is 5. The SMILES string of the molecule is CC(=O)c1c(F)c(Cl)c(-c2cn3cc(NC(=O)[C@@H]4C[C@@H]4F)nc3cn2)c2cn[nH]c12. The van der Waals surface area contributed by atoms with Crippen LogP contribution in [0.15, 0.2) is 24.8 Å². The standard InChI is InChI=1S/C19H13ClF2N6O2/c1-7(29)14-17(22)16(20)15(9-3-24-27-18(9)14)11-5-28-6-12(25-13(28)4-23-11)26-19(30)8-2-10(8)21/h3-6,8,10H,2H2,1H3,(H,24,27)(H,26,30)/t8-,10+/m1/s1. The van der Waals surface area contributed by atoms with Gasteiger partial charge in [-0.2, -0.15) is 5.10 Å². The first-order chi connectivity index (χ1) is 14.3. The third kappa shape index (κ3) is 2.83. The van der Waals surface area contributed by atoms with Crippen molar-refractivity contribution in [3.05, 3.63) is 41.2 Å². The lowest BCUT2D eigenvalue weighted by Gasteiger charge is -2.10. The van der Waals surface area contributed by atoms with E-state index >= 15 is 0 Å². The molecule has 0 unspecified atom stereocenters. The summed E-state index contributed by atoms with van der Waals surface area (Å²) < 4.78 is 29.5. The van der Waals surface area contributed by atoms with E-state index in [1.807, 2.05) is 0 Å². The molecule has 0 saturated heterocycles. The Morgan fingerprint density at radius 2 is 2.10 bits per heavy atom. The number of H-pyrrole nitrogens is 1. The van der Waals surface area contributed by atoms with E-state index in [2.05, 4.69) is 25.5 Å². The van der Waals surface area contributed by atoms with Crippen molar-refractivity contribution in [1.82, 2.24) is 24.6 Å². The van der Waals surface area contributed by atoms with Crippen LogP contribution in [0, 0.1) is 11.7 Å². The van der Waals surface area contributed by atoms with Gasteiger partial charge in [0.05, 0.1) is 46.3 Å². The van der Waals surface area contributed by atoms with E-state index in [1.54, 1.807) is 10.6 Å². The van der Waals surface area contributed by atoms with Gasteiger partial charge in [0, 0.05) is 17.1 Å². The Balaban J connectivity index is 1.60. The van der Waals surface area contributed by atoms with E-state index in [9.17, 15) is 18.4 Å². The van der Waals surface area contributed by atoms with Crippen LogP contribution in [0.25, 0.3) is 27.8 Å². The molecule has 3 heterocycles. The van der Waals surface area contributed by atoms with Crippen molar-refractivity contribution in [3.63, 3.8) is 0 Å². The summed E-state index contributed by atoms with van der Waals surface area (Å²) >= 11 is 6.27. The number of halogens is 3. The highest BCUT2D eigenvalue weighted by Crippen LogP contribution is 2.38. The summed E-state index contributed by atoms with van der Waals surface area (Å²) in [5.41, 5.74) is 1.06. The van der Waals surface area contributed by atoms with Crippen LogP contribution >= 0.6 is 11.6 Å². The zero-order valence-corrected chi connectivity index (χ0v) is 16.2. The van der Waals surface area contributed by atoms with Gasteiger partial charge in [0.15, 0.2) is 23.1 Å². The maximum Gasteiger partial charge on any atom is 0.231 e. The normalized spacial score (nSPS) is 18.1. The van der Waals surface area contributed by atoms with Crippen molar-refractivity contribution < 1.29 is 18.4 Å². The van der Waals surface area contributed by atoms with Gasteiger partial charge in [0.1, 0.15) is 6.17 Å². The number of Topliss-reactive ketones (excluding diaryl/α,β-unsaturated/α-hetero) is 1. The molecule has 2 N–H and O–H groups in total. The number of carbonyl (C=O) groups is 2. The van der Waals surface area contributed by atoms with Crippen molar-refractivity contribution in [1.29, 1.82) is 0 Å². The van der Waals surface area contributed by atoms with Crippen molar-refractivity contribution in [2.45, 2.75) is 19.5 Å². The Morgan fingerprint density at radius 3 is 2.80 bits per heavy atom. The second-order valence-electron chi connectivity index (χ2n) is 7.10. The maximum absolute atomic E-state index is 14.9. The summed E-state index contributed by atoms with van der Waals surface area (Å²) in [5, 5.41) is 9.31. The Kier molecular flexibility index (Phi) is 4.07. The highest BCUT2D eigenvalue weighted by molar-refractivity contribution is 6.36. The third-order valence-electron chi connectivity index (χ3n) is 5.04. The molecule has 152 valence electrons. The first-order valence-corrected chi connectivity index (χ1v) is 9.38. The summed E-state index contributed by atoms with van der Waals surface area (Å²) in [6.45, 7) is 1.24. The highest BCUT2D eigenvalue weighted by Gasteiger charge is 2.43. The minimum Gasteiger partial charge on any atom is -0.309 e. The predicted molar refractivity (Wildman–Crippen MR) is 105 cm³/mol. The molecule has 1 amide bonds. The van der Waals surface area contributed by atoms with E-state index < -0.39 is 29.6 Å². The lowest BCUT2D eigenvalue weighted by atomic mass is 10.0. The molecule has 0 radical (unpaired) electrons. The number of benzene rings is 1. The molecule has 5 rings (SSSR count). The fraction of sp³-hybridized carbons (Fsp3) is 0.211. The molecule has 1 aliphatic rings. The first-order valence-electron chi connectivity index (χ1n) is 9.00. The zero-order valence-electron chi connectivity index (χ0n) is 15.4. The number of rotatable bonds is 4. The molecule has 4 aromatic rings. The number of fused-ring (bicyclic) bond motifs is 2. The van der Waals surface area contributed by atoms with E-state index in [0.29, 0.717) is 16.7 Å². The molecule has 30 heavy (non-hydrogen) atoms. The number of imidazole rings is 1. The molecule has 1 aromatic carbocycles. The van der Waals surface area contributed by atoms with E-state index in [-0.39, 0.29) is 33.9 Å². The number of amides is 1. The molecule has 0 bridgehead atoms. The van der Waals surface area contributed by atoms with Gasteiger partial charge < -0.3 is 9.72 Å². The summed E-state index contributed by atoms with van der Waals surface area (Å²) in [6.07, 6.45) is 5.08. The summed E-state index contributed by atoms with van der Waals surface area (Å²) in [5.74, 6) is -2.17. The topological polar surface area (TPSA) is 105 Å². The number of alkyl halides is 1. The molecule has 8 nitrogen and oxygen atoms in total. The number of aromatic amines is 1. The van der Waals surface area contributed by atoms with Crippen LogP contribution in [0.5, 0.6) is 0 Å². The smallest absolute Gasteiger partial charge is 0.231 e. The maximum atomic E-state index is 14.9. The fourth-order valence-corrected chi connectivity index (χ4v) is 3.73. The molecule has 3 aromatic heterocycles. The number of ketones is 1. The Labute approximate surface area is 172 Å². The van der Waals surface area contributed by atoms with E-state index in [4.69, 9.17) is 11.6 Å². The minimum atomic E-state index is -1.11. The van der Waals surface area contributed by atoms with Crippen molar-refractivity contribution in [3.8, 4) is 11.3 Å². The average molecular weight is 431 g/mol. The van der Waals surface area contributed by atoms with Crippen molar-refractivity contribution >= 4 is 45.7 Å². The van der Waals surface area contributed by atoms with Gasteiger partial charge >= 0.3 is 0 Å². The molecular weight excluding hydrogens is 418 g/mol. The van der Waals surface area contributed by atoms with Crippen LogP contribution in [0.3, 0.4) is 0 Å². The van der Waals surface area contributed by atoms with Gasteiger partial charge in [-0.25, -0.2) is 13.8 Å². The predicted octanol–water partition coefficient (Wildman–Crippen LogP) is 3.56. The number of anilines is 1. The summed E-state index contributed by atoms with van der Waals surface area (Å²) in [4.78, 5) is 32.3. The first kappa shape index (κ1) is 18.6. The average Bonchev–Trinajstić information content (AvgIpc) is 3.08. The number of hydrogen-bond donors (Lipinski definition) is 2. The Hall–Kier alpha value is -3.40. The van der Waals surface area contributed by atoms with Gasteiger partial charge in [-0.1, -0.05) is 11.6 Å². The quantitative estimate of drug-likeness (QED) is 0.481. The molecule has 0 aliphatic heterocycles. The van der Waals surface area contributed by atoms with Crippen LogP contribution in [-0.4, -0.2) is 42.4 Å². The van der Waals surface area contributed by atoms with Gasteiger partial charge in [-0.3, -0.25) is 19.7 Å². The molecule has 2 atom stereocenters. The number of aromatic nitrogens is 5. The Morgan fingerprint density at radius 1 is 1.33 bits per heavy atom. The minimum absolute atomic E-state index is 0.170. The van der Waals surface area contributed by atoms with Crippen molar-refractivity contribution in [2.75, 3.05) is 5.32 Å². The molecule has 1 aliphatic carbocycles. The van der Waals surface area contributed by atoms with Gasteiger partial charge in [0.2, 0.25) is 5.91 Å².